The number of methoxy groups -OCH3 is 1. The van der Waals surface area contributed by atoms with Gasteiger partial charge in [-0.25, -0.2) is 0 Å². The minimum absolute atomic E-state index is 0.212. The molecule has 6 nitrogen and oxygen atoms in total. The van der Waals surface area contributed by atoms with Gasteiger partial charge < -0.3 is 19.1 Å². The third-order valence-corrected chi connectivity index (χ3v) is 5.73. The molecule has 1 amide bonds. The van der Waals surface area contributed by atoms with Crippen molar-refractivity contribution >= 4 is 5.91 Å². The topological polar surface area (TPSA) is 51.2 Å². The number of rotatable bonds is 12. The first kappa shape index (κ1) is 24.1. The number of unbranched alkanes of at least 4 members (excludes halogenated alkanes) is 1. The number of hydrogen-bond donors (Lipinski definition) is 0. The van der Waals surface area contributed by atoms with Gasteiger partial charge in [0.05, 0.1) is 20.3 Å². The van der Waals surface area contributed by atoms with Gasteiger partial charge in [0, 0.05) is 39.1 Å². The van der Waals surface area contributed by atoms with Crippen LogP contribution >= 0.6 is 0 Å². The Morgan fingerprint density at radius 1 is 1.06 bits per heavy atom. The summed E-state index contributed by atoms with van der Waals surface area (Å²) in [6.45, 7) is 8.16. The van der Waals surface area contributed by atoms with E-state index in [1.807, 2.05) is 53.4 Å². The number of amides is 1. The van der Waals surface area contributed by atoms with Gasteiger partial charge in [0.1, 0.15) is 6.61 Å². The van der Waals surface area contributed by atoms with Gasteiger partial charge in [-0.3, -0.25) is 9.69 Å². The number of carbonyl (C=O) groups is 1. The van der Waals surface area contributed by atoms with Gasteiger partial charge in [0.15, 0.2) is 11.5 Å². The summed E-state index contributed by atoms with van der Waals surface area (Å²) >= 11 is 0. The molecule has 0 aromatic heterocycles. The van der Waals surface area contributed by atoms with Crippen LogP contribution in [0.15, 0.2) is 48.5 Å². The molecule has 0 unspecified atom stereocenters. The van der Waals surface area contributed by atoms with Crippen LogP contribution in [0.4, 0.5) is 0 Å². The third kappa shape index (κ3) is 7.53. The maximum absolute atomic E-state index is 12.9. The Hall–Kier alpha value is -2.57. The van der Waals surface area contributed by atoms with Crippen LogP contribution in [-0.2, 0) is 22.7 Å². The van der Waals surface area contributed by atoms with Crippen molar-refractivity contribution in [3.8, 4) is 11.5 Å². The van der Waals surface area contributed by atoms with E-state index in [1.54, 1.807) is 7.11 Å². The number of ether oxygens (including phenoxy) is 3. The van der Waals surface area contributed by atoms with Crippen molar-refractivity contribution in [1.82, 2.24) is 9.80 Å². The van der Waals surface area contributed by atoms with E-state index in [2.05, 4.69) is 11.8 Å². The third-order valence-electron chi connectivity index (χ3n) is 5.73. The summed E-state index contributed by atoms with van der Waals surface area (Å²) in [7, 11) is 1.65. The predicted molar refractivity (Wildman–Crippen MR) is 126 cm³/mol. The molecule has 3 rings (SSSR count). The van der Waals surface area contributed by atoms with Crippen molar-refractivity contribution in [3.63, 3.8) is 0 Å². The fraction of sp³-hybridized carbons (Fsp3) is 0.500. The molecule has 1 aliphatic heterocycles. The first-order chi connectivity index (χ1) is 15.7. The molecule has 6 heteroatoms. The van der Waals surface area contributed by atoms with Crippen LogP contribution in [0, 0.1) is 0 Å². The zero-order valence-corrected chi connectivity index (χ0v) is 19.4. The Bertz CT molecular complexity index is 822. The highest BCUT2D eigenvalue weighted by Gasteiger charge is 2.18. The average Bonchev–Trinajstić information content (AvgIpc) is 2.85. The van der Waals surface area contributed by atoms with Gasteiger partial charge in [0.2, 0.25) is 5.91 Å². The monoisotopic (exact) mass is 440 g/mol. The minimum Gasteiger partial charge on any atom is -0.493 e. The lowest BCUT2D eigenvalue weighted by Gasteiger charge is -2.30. The van der Waals surface area contributed by atoms with Crippen LogP contribution in [0.1, 0.15) is 37.3 Å². The van der Waals surface area contributed by atoms with Crippen LogP contribution < -0.4 is 9.47 Å². The van der Waals surface area contributed by atoms with Crippen molar-refractivity contribution in [2.75, 3.05) is 46.5 Å². The van der Waals surface area contributed by atoms with E-state index in [-0.39, 0.29) is 5.91 Å². The van der Waals surface area contributed by atoms with Crippen LogP contribution in [0.25, 0.3) is 0 Å². The molecule has 0 radical (unpaired) electrons. The van der Waals surface area contributed by atoms with Crippen LogP contribution in [-0.4, -0.2) is 62.2 Å². The number of nitrogens with zero attached hydrogens (tertiary/aromatic N) is 2. The largest absolute Gasteiger partial charge is 0.493 e. The molecular weight excluding hydrogens is 404 g/mol. The van der Waals surface area contributed by atoms with E-state index >= 15 is 0 Å². The molecule has 0 bridgehead atoms. The van der Waals surface area contributed by atoms with Crippen molar-refractivity contribution in [2.45, 2.75) is 39.3 Å². The number of hydrogen-bond acceptors (Lipinski definition) is 5. The highest BCUT2D eigenvalue weighted by Crippen LogP contribution is 2.29. The Morgan fingerprint density at radius 3 is 2.56 bits per heavy atom. The lowest BCUT2D eigenvalue weighted by atomic mass is 10.1. The fourth-order valence-electron chi connectivity index (χ4n) is 3.75. The van der Waals surface area contributed by atoms with Gasteiger partial charge >= 0.3 is 0 Å². The summed E-state index contributed by atoms with van der Waals surface area (Å²) in [5.41, 5.74) is 2.15. The Balaban J connectivity index is 1.64. The SMILES string of the molecule is CCCCC(=O)N(CCN1CCOCC1)Cc1ccc(OCc2ccccc2)c(OC)c1. The normalized spacial score (nSPS) is 14.2. The minimum atomic E-state index is 0.212. The van der Waals surface area contributed by atoms with E-state index in [4.69, 9.17) is 14.2 Å². The van der Waals surface area contributed by atoms with E-state index < -0.39 is 0 Å². The standard InChI is InChI=1S/C26H36N2O4/c1-3-4-10-26(29)28(14-13-27-15-17-31-18-16-27)20-23-11-12-24(25(19-23)30-2)32-21-22-8-6-5-7-9-22/h5-9,11-12,19H,3-4,10,13-18,20-21H2,1-2H3. The molecule has 2 aromatic rings. The summed E-state index contributed by atoms with van der Waals surface area (Å²) in [5.74, 6) is 1.60. The number of benzene rings is 2. The molecule has 2 aromatic carbocycles. The van der Waals surface area contributed by atoms with E-state index in [9.17, 15) is 4.79 Å². The van der Waals surface area contributed by atoms with Gasteiger partial charge in [-0.05, 0) is 29.7 Å². The summed E-state index contributed by atoms with van der Waals surface area (Å²) in [6.07, 6.45) is 2.53. The molecule has 0 N–H and O–H groups in total. The molecule has 32 heavy (non-hydrogen) atoms. The zero-order chi connectivity index (χ0) is 22.6. The second-order valence-electron chi connectivity index (χ2n) is 8.13. The van der Waals surface area contributed by atoms with E-state index in [0.717, 1.165) is 63.4 Å². The van der Waals surface area contributed by atoms with Crippen molar-refractivity contribution < 1.29 is 19.0 Å². The average molecular weight is 441 g/mol. The highest BCUT2D eigenvalue weighted by molar-refractivity contribution is 5.76. The van der Waals surface area contributed by atoms with E-state index in [0.29, 0.717) is 31.1 Å². The summed E-state index contributed by atoms with van der Waals surface area (Å²) in [5, 5.41) is 0. The first-order valence-corrected chi connectivity index (χ1v) is 11.6. The lowest BCUT2D eigenvalue weighted by molar-refractivity contribution is -0.132. The predicted octanol–water partition coefficient (Wildman–Crippen LogP) is 4.13. The molecule has 0 saturated carbocycles. The number of morpholine rings is 1. The van der Waals surface area contributed by atoms with Crippen LogP contribution in [0.2, 0.25) is 0 Å². The Morgan fingerprint density at radius 2 is 1.84 bits per heavy atom. The fourth-order valence-corrected chi connectivity index (χ4v) is 3.75. The summed E-state index contributed by atoms with van der Waals surface area (Å²) in [4.78, 5) is 17.2. The second kappa shape index (κ2) is 13.1. The molecule has 174 valence electrons. The van der Waals surface area contributed by atoms with Crippen LogP contribution in [0.5, 0.6) is 11.5 Å². The van der Waals surface area contributed by atoms with Crippen molar-refractivity contribution in [2.24, 2.45) is 0 Å². The lowest BCUT2D eigenvalue weighted by Crippen LogP contribution is -2.42. The van der Waals surface area contributed by atoms with Crippen molar-refractivity contribution in [3.05, 3.63) is 59.7 Å². The van der Waals surface area contributed by atoms with Gasteiger partial charge in [0.25, 0.3) is 0 Å². The molecule has 0 aliphatic carbocycles. The Labute approximate surface area is 192 Å². The summed E-state index contributed by atoms with van der Waals surface area (Å²) < 4.78 is 17.0. The molecule has 0 atom stereocenters. The number of carbonyl (C=O) groups excluding carboxylic acids is 1. The molecule has 1 saturated heterocycles. The molecule has 1 fully saturated rings. The maximum atomic E-state index is 12.9. The Kier molecular flexibility index (Phi) is 9.85. The molecule has 1 heterocycles. The molecular formula is C26H36N2O4. The molecule has 0 spiro atoms. The highest BCUT2D eigenvalue weighted by atomic mass is 16.5. The molecule has 1 aliphatic rings. The second-order valence-corrected chi connectivity index (χ2v) is 8.13. The maximum Gasteiger partial charge on any atom is 0.222 e. The van der Waals surface area contributed by atoms with Gasteiger partial charge in [-0.1, -0.05) is 49.7 Å². The van der Waals surface area contributed by atoms with Crippen molar-refractivity contribution in [1.29, 1.82) is 0 Å². The van der Waals surface area contributed by atoms with Crippen LogP contribution in [0.3, 0.4) is 0 Å². The van der Waals surface area contributed by atoms with Gasteiger partial charge in [-0.2, -0.15) is 0 Å². The van der Waals surface area contributed by atoms with E-state index in [1.165, 1.54) is 0 Å². The zero-order valence-electron chi connectivity index (χ0n) is 19.4. The smallest absolute Gasteiger partial charge is 0.222 e. The summed E-state index contributed by atoms with van der Waals surface area (Å²) in [6, 6.07) is 16.0. The first-order valence-electron chi connectivity index (χ1n) is 11.6. The van der Waals surface area contributed by atoms with Gasteiger partial charge in [-0.15, -0.1) is 0 Å². The quantitative estimate of drug-likeness (QED) is 0.497.